The molecule has 1 aromatic rings. The lowest BCUT2D eigenvalue weighted by Crippen LogP contribution is -2.66. The number of alkyl halides is 10. The van der Waals surface area contributed by atoms with Gasteiger partial charge in [-0.1, -0.05) is 48.6 Å². The Balaban J connectivity index is 2.17. The normalized spacial score (nSPS) is 22.5. The van der Waals surface area contributed by atoms with Crippen LogP contribution in [-0.4, -0.2) is 47.7 Å². The SMILES string of the molecule is CC(C)(F)C[C@H](N[C@H](C(F)(F)F)C1(C(C(F)(F)F)C(F)(F)F)C=CC(c2ccccc2)=CC1)C(=O)NC1(C#N)CC1. The Morgan fingerprint density at radius 3 is 1.90 bits per heavy atom. The number of hydrogen-bond acceptors (Lipinski definition) is 3. The smallest absolute Gasteiger partial charge is 0.336 e. The zero-order valence-corrected chi connectivity index (χ0v) is 21.8. The van der Waals surface area contributed by atoms with Gasteiger partial charge in [0, 0.05) is 11.8 Å². The monoisotopic (exact) mass is 599 g/mol. The third-order valence-corrected chi connectivity index (χ3v) is 7.11. The van der Waals surface area contributed by atoms with Gasteiger partial charge >= 0.3 is 18.5 Å². The van der Waals surface area contributed by atoms with E-state index >= 15 is 0 Å². The number of nitrogens with zero attached hydrogens (tertiary/aromatic N) is 1. The number of allylic oxidation sites excluding steroid dienone is 3. The van der Waals surface area contributed by atoms with Gasteiger partial charge in [-0.15, -0.1) is 0 Å². The fraction of sp³-hybridized carbons (Fsp3) is 0.556. The summed E-state index contributed by atoms with van der Waals surface area (Å²) in [5.74, 6) is -5.86. The number of amides is 1. The van der Waals surface area contributed by atoms with Crippen molar-refractivity contribution in [3.63, 3.8) is 0 Å². The van der Waals surface area contributed by atoms with Crippen LogP contribution in [0.2, 0.25) is 0 Å². The van der Waals surface area contributed by atoms with Gasteiger partial charge in [-0.25, -0.2) is 4.39 Å². The first-order valence-electron chi connectivity index (χ1n) is 12.5. The molecule has 41 heavy (non-hydrogen) atoms. The lowest BCUT2D eigenvalue weighted by molar-refractivity contribution is -0.324. The topological polar surface area (TPSA) is 64.9 Å². The van der Waals surface area contributed by atoms with E-state index in [1.165, 1.54) is 24.3 Å². The van der Waals surface area contributed by atoms with Crippen molar-refractivity contribution < 1.29 is 48.7 Å². The number of halogens is 10. The first-order chi connectivity index (χ1) is 18.6. The first kappa shape index (κ1) is 32.4. The molecule has 1 amide bonds. The predicted octanol–water partition coefficient (Wildman–Crippen LogP) is 6.96. The molecule has 3 atom stereocenters. The maximum Gasteiger partial charge on any atom is 0.404 e. The summed E-state index contributed by atoms with van der Waals surface area (Å²) in [4.78, 5) is 13.0. The van der Waals surface area contributed by atoms with Crippen molar-refractivity contribution in [2.24, 2.45) is 11.3 Å². The Kier molecular flexibility index (Phi) is 8.67. The molecule has 4 nitrogen and oxygen atoms in total. The van der Waals surface area contributed by atoms with Gasteiger partial charge < -0.3 is 5.32 Å². The molecule has 0 radical (unpaired) electrons. The molecule has 1 unspecified atom stereocenters. The van der Waals surface area contributed by atoms with Gasteiger partial charge in [0.25, 0.3) is 0 Å². The second-order valence-electron chi connectivity index (χ2n) is 11.0. The summed E-state index contributed by atoms with van der Waals surface area (Å²) in [6.45, 7) is 1.77. The number of carbonyl (C=O) groups is 1. The van der Waals surface area contributed by atoms with E-state index < -0.39 is 71.9 Å². The van der Waals surface area contributed by atoms with Crippen molar-refractivity contribution in [1.82, 2.24) is 10.6 Å². The maximum atomic E-state index is 14.6. The van der Waals surface area contributed by atoms with Gasteiger partial charge in [0.15, 0.2) is 5.92 Å². The number of rotatable bonds is 9. The Labute approximate surface area is 229 Å². The molecule has 0 aliphatic heterocycles. The van der Waals surface area contributed by atoms with Crippen molar-refractivity contribution in [3.8, 4) is 6.07 Å². The Bertz CT molecular complexity index is 1190. The van der Waals surface area contributed by atoms with Gasteiger partial charge in [-0.2, -0.15) is 44.8 Å². The van der Waals surface area contributed by atoms with Gasteiger partial charge in [0.05, 0.1) is 12.1 Å². The number of carbonyl (C=O) groups excluding carboxylic acids is 1. The van der Waals surface area contributed by atoms with Gasteiger partial charge in [0.2, 0.25) is 5.91 Å². The molecule has 1 saturated carbocycles. The van der Waals surface area contributed by atoms with E-state index in [1.807, 2.05) is 0 Å². The van der Waals surface area contributed by atoms with Gasteiger partial charge in [-0.05, 0) is 44.2 Å². The fourth-order valence-electron chi connectivity index (χ4n) is 5.08. The highest BCUT2D eigenvalue weighted by atomic mass is 19.4. The molecule has 3 rings (SSSR count). The van der Waals surface area contributed by atoms with Crippen LogP contribution < -0.4 is 10.6 Å². The number of hydrogen-bond donors (Lipinski definition) is 2. The van der Waals surface area contributed by atoms with Crippen LogP contribution in [0.25, 0.3) is 5.57 Å². The Hall–Kier alpha value is -3.08. The van der Waals surface area contributed by atoms with Crippen LogP contribution in [0.4, 0.5) is 43.9 Å². The minimum atomic E-state index is -6.19. The van der Waals surface area contributed by atoms with Gasteiger partial charge in [-0.3, -0.25) is 10.1 Å². The molecule has 0 aromatic heterocycles. The highest BCUT2D eigenvalue weighted by molar-refractivity contribution is 5.83. The van der Waals surface area contributed by atoms with Crippen LogP contribution in [-0.2, 0) is 4.79 Å². The molecule has 2 aliphatic carbocycles. The average molecular weight is 600 g/mol. The largest absolute Gasteiger partial charge is 0.404 e. The molecule has 0 bridgehead atoms. The van der Waals surface area contributed by atoms with Crippen LogP contribution >= 0.6 is 0 Å². The number of benzene rings is 1. The second kappa shape index (κ2) is 11.0. The Morgan fingerprint density at radius 2 is 1.51 bits per heavy atom. The zero-order chi connectivity index (χ0) is 31.1. The van der Waals surface area contributed by atoms with Crippen molar-refractivity contribution in [2.45, 2.75) is 81.4 Å². The minimum absolute atomic E-state index is 0.0918. The molecule has 2 aliphatic rings. The molecule has 14 heteroatoms. The molecule has 226 valence electrons. The van der Waals surface area contributed by atoms with Crippen molar-refractivity contribution >= 4 is 11.5 Å². The molecular formula is C27H27F10N3O. The van der Waals surface area contributed by atoms with E-state index in [1.54, 1.807) is 17.5 Å². The quantitative estimate of drug-likeness (QED) is 0.302. The van der Waals surface area contributed by atoms with Crippen LogP contribution in [0.3, 0.4) is 0 Å². The number of nitrogens with one attached hydrogen (secondary N) is 2. The molecule has 2 N–H and O–H groups in total. The summed E-state index contributed by atoms with van der Waals surface area (Å²) in [6.07, 6.45) is -18.5. The third kappa shape index (κ3) is 7.61. The Morgan fingerprint density at radius 1 is 0.951 bits per heavy atom. The highest BCUT2D eigenvalue weighted by Crippen LogP contribution is 2.57. The van der Waals surface area contributed by atoms with E-state index in [4.69, 9.17) is 0 Å². The van der Waals surface area contributed by atoms with Crippen molar-refractivity contribution in [1.29, 1.82) is 5.26 Å². The summed E-state index contributed by atoms with van der Waals surface area (Å²) in [6, 6.07) is 3.48. The van der Waals surface area contributed by atoms with Crippen LogP contribution in [0.15, 0.2) is 48.6 Å². The third-order valence-electron chi connectivity index (χ3n) is 7.11. The van der Waals surface area contributed by atoms with Crippen molar-refractivity contribution in [3.05, 3.63) is 54.1 Å². The van der Waals surface area contributed by atoms with E-state index in [9.17, 15) is 54.0 Å². The van der Waals surface area contributed by atoms with Gasteiger partial charge in [0.1, 0.15) is 17.2 Å². The van der Waals surface area contributed by atoms with Crippen LogP contribution in [0, 0.1) is 22.7 Å². The highest BCUT2D eigenvalue weighted by Gasteiger charge is 2.71. The lowest BCUT2D eigenvalue weighted by Gasteiger charge is -2.48. The standard InChI is InChI=1S/C27H27F10N3O/c1-22(2,28)14-18(19(41)40-23(15-38)12-13-23)39-21(27(35,36)37)24(20(25(29,30)31)26(32,33)34)10-8-17(9-11-24)16-6-4-3-5-7-16/h3-10,18,20-21,39H,11-14H2,1-2H3,(H,40,41)/t18-,21-,24?/m0/s1. The predicted molar refractivity (Wildman–Crippen MR) is 129 cm³/mol. The molecule has 1 aromatic carbocycles. The van der Waals surface area contributed by atoms with Crippen molar-refractivity contribution in [2.75, 3.05) is 0 Å². The first-order valence-corrected chi connectivity index (χ1v) is 12.5. The summed E-state index contributed by atoms with van der Waals surface area (Å²) < 4.78 is 143. The van der Waals surface area contributed by atoms with E-state index in [0.29, 0.717) is 5.56 Å². The molecule has 0 saturated heterocycles. The maximum absolute atomic E-state index is 14.6. The van der Waals surface area contributed by atoms with E-state index in [2.05, 4.69) is 5.32 Å². The molecule has 0 heterocycles. The lowest BCUT2D eigenvalue weighted by atomic mass is 9.63. The zero-order valence-electron chi connectivity index (χ0n) is 21.8. The second-order valence-corrected chi connectivity index (χ2v) is 11.0. The van der Waals surface area contributed by atoms with E-state index in [0.717, 1.165) is 26.0 Å². The number of nitriles is 1. The summed E-state index contributed by atoms with van der Waals surface area (Å²) in [7, 11) is 0. The molecular weight excluding hydrogens is 572 g/mol. The summed E-state index contributed by atoms with van der Waals surface area (Å²) >= 11 is 0. The summed E-state index contributed by atoms with van der Waals surface area (Å²) in [5.41, 5.74) is -7.15. The molecule has 0 spiro atoms. The van der Waals surface area contributed by atoms with E-state index in [-0.39, 0.29) is 24.5 Å². The van der Waals surface area contributed by atoms with Crippen LogP contribution in [0.1, 0.15) is 45.1 Å². The molecule has 1 fully saturated rings. The minimum Gasteiger partial charge on any atom is -0.336 e. The summed E-state index contributed by atoms with van der Waals surface area (Å²) in [5, 5.41) is 13.0. The fourth-order valence-corrected chi connectivity index (χ4v) is 5.08. The average Bonchev–Trinajstić information content (AvgIpc) is 3.59. The van der Waals surface area contributed by atoms with Crippen LogP contribution in [0.5, 0.6) is 0 Å².